The third-order valence-corrected chi connectivity index (χ3v) is 5.70. The van der Waals surface area contributed by atoms with Crippen LogP contribution in [0.15, 0.2) is 48.7 Å². The highest BCUT2D eigenvalue weighted by Gasteiger charge is 2.30. The van der Waals surface area contributed by atoms with Crippen LogP contribution in [0.4, 0.5) is 5.69 Å². The molecule has 1 atom stereocenters. The van der Waals surface area contributed by atoms with E-state index >= 15 is 0 Å². The molecule has 0 N–H and O–H groups in total. The summed E-state index contributed by atoms with van der Waals surface area (Å²) in [4.78, 5) is 12.3. The van der Waals surface area contributed by atoms with Gasteiger partial charge in [-0.05, 0) is 37.1 Å². The number of benzene rings is 1. The van der Waals surface area contributed by atoms with Gasteiger partial charge in [0.05, 0.1) is 5.69 Å². The molecule has 4 rings (SSSR count). The summed E-state index contributed by atoms with van der Waals surface area (Å²) in [5.41, 5.74) is 3.90. The number of para-hydroxylation sites is 1. The van der Waals surface area contributed by atoms with E-state index in [0.717, 1.165) is 19.6 Å². The van der Waals surface area contributed by atoms with Gasteiger partial charge < -0.3 is 4.90 Å². The molecule has 0 amide bonds. The van der Waals surface area contributed by atoms with Crippen LogP contribution in [-0.4, -0.2) is 60.1 Å². The zero-order chi connectivity index (χ0) is 17.1. The second kappa shape index (κ2) is 7.54. The molecule has 2 aliphatic rings. The van der Waals surface area contributed by atoms with E-state index in [1.165, 1.54) is 49.5 Å². The standard InChI is InChI=1S/C21H28N4/c1-18-6-5-10-22-21(18)17-23-12-14-24(15-13-23)20-9-11-25(16-20)19-7-3-2-4-8-19/h2-8,10,20H,9,11-17H2,1H3. The maximum absolute atomic E-state index is 4.55. The number of nitrogens with zero attached hydrogens (tertiary/aromatic N) is 4. The fourth-order valence-electron chi connectivity index (χ4n) is 4.10. The molecule has 2 fully saturated rings. The zero-order valence-electron chi connectivity index (χ0n) is 15.1. The smallest absolute Gasteiger partial charge is 0.0573 e. The molecule has 0 bridgehead atoms. The van der Waals surface area contributed by atoms with Crippen LogP contribution in [0.1, 0.15) is 17.7 Å². The highest BCUT2D eigenvalue weighted by atomic mass is 15.3. The first-order valence-corrected chi connectivity index (χ1v) is 9.46. The molecule has 2 aromatic rings. The molecule has 1 aromatic carbocycles. The minimum absolute atomic E-state index is 0.707. The molecule has 1 aromatic heterocycles. The van der Waals surface area contributed by atoms with E-state index in [0.29, 0.717) is 6.04 Å². The Morgan fingerprint density at radius 3 is 2.52 bits per heavy atom. The molecule has 3 heterocycles. The summed E-state index contributed by atoms with van der Waals surface area (Å²) < 4.78 is 0. The SMILES string of the molecule is Cc1cccnc1CN1CCN(C2CCN(c3ccccc3)C2)CC1. The van der Waals surface area contributed by atoms with Crippen molar-refractivity contribution in [3.05, 3.63) is 59.9 Å². The van der Waals surface area contributed by atoms with Gasteiger partial charge in [0.15, 0.2) is 0 Å². The third kappa shape index (κ3) is 3.86. The second-order valence-corrected chi connectivity index (χ2v) is 7.30. The lowest BCUT2D eigenvalue weighted by Gasteiger charge is -2.38. The molecule has 0 spiro atoms. The Morgan fingerprint density at radius 1 is 0.960 bits per heavy atom. The van der Waals surface area contributed by atoms with Crippen molar-refractivity contribution in [2.24, 2.45) is 0 Å². The van der Waals surface area contributed by atoms with Crippen LogP contribution in [0.25, 0.3) is 0 Å². The predicted octanol–water partition coefficient (Wildman–Crippen LogP) is 2.79. The molecule has 2 saturated heterocycles. The summed E-state index contributed by atoms with van der Waals surface area (Å²) in [6.07, 6.45) is 3.20. The van der Waals surface area contributed by atoms with Crippen molar-refractivity contribution in [1.29, 1.82) is 0 Å². The summed E-state index contributed by atoms with van der Waals surface area (Å²) >= 11 is 0. The molecule has 0 saturated carbocycles. The normalized spacial score (nSPS) is 22.4. The number of aromatic nitrogens is 1. The van der Waals surface area contributed by atoms with Gasteiger partial charge in [0.1, 0.15) is 0 Å². The van der Waals surface area contributed by atoms with Crippen LogP contribution < -0.4 is 4.90 Å². The number of piperazine rings is 1. The van der Waals surface area contributed by atoms with Gasteiger partial charge in [-0.15, -0.1) is 0 Å². The van der Waals surface area contributed by atoms with E-state index < -0.39 is 0 Å². The van der Waals surface area contributed by atoms with Crippen molar-refractivity contribution in [2.45, 2.75) is 25.9 Å². The van der Waals surface area contributed by atoms with E-state index in [9.17, 15) is 0 Å². The number of pyridine rings is 1. The maximum Gasteiger partial charge on any atom is 0.0573 e. The fourth-order valence-corrected chi connectivity index (χ4v) is 4.10. The van der Waals surface area contributed by atoms with Gasteiger partial charge in [-0.25, -0.2) is 0 Å². The summed E-state index contributed by atoms with van der Waals surface area (Å²) in [7, 11) is 0. The monoisotopic (exact) mass is 336 g/mol. The van der Waals surface area contributed by atoms with Crippen molar-refractivity contribution >= 4 is 5.69 Å². The lowest BCUT2D eigenvalue weighted by Crippen LogP contribution is -2.50. The van der Waals surface area contributed by atoms with E-state index in [2.05, 4.69) is 63.0 Å². The Labute approximate surface area is 151 Å². The molecule has 0 aliphatic carbocycles. The Hall–Kier alpha value is -1.91. The first-order chi connectivity index (χ1) is 12.3. The number of hydrogen-bond donors (Lipinski definition) is 0. The van der Waals surface area contributed by atoms with Crippen LogP contribution in [0.2, 0.25) is 0 Å². The van der Waals surface area contributed by atoms with Gasteiger partial charge >= 0.3 is 0 Å². The fraction of sp³-hybridized carbons (Fsp3) is 0.476. The van der Waals surface area contributed by atoms with Crippen LogP contribution in [-0.2, 0) is 6.54 Å². The zero-order valence-corrected chi connectivity index (χ0v) is 15.1. The Bertz CT molecular complexity index is 679. The van der Waals surface area contributed by atoms with Crippen molar-refractivity contribution in [2.75, 3.05) is 44.2 Å². The second-order valence-electron chi connectivity index (χ2n) is 7.30. The molecule has 0 radical (unpaired) electrons. The average Bonchev–Trinajstić information content (AvgIpc) is 3.15. The van der Waals surface area contributed by atoms with Crippen molar-refractivity contribution < 1.29 is 0 Å². The molecule has 4 heteroatoms. The minimum atomic E-state index is 0.707. The number of aryl methyl sites for hydroxylation is 1. The first-order valence-electron chi connectivity index (χ1n) is 9.46. The molecular weight excluding hydrogens is 308 g/mol. The van der Waals surface area contributed by atoms with Gasteiger partial charge in [-0.3, -0.25) is 14.8 Å². The van der Waals surface area contributed by atoms with E-state index in [1.54, 1.807) is 0 Å². The summed E-state index contributed by atoms with van der Waals surface area (Å²) in [6, 6.07) is 15.7. The van der Waals surface area contributed by atoms with Gasteiger partial charge in [0.25, 0.3) is 0 Å². The largest absolute Gasteiger partial charge is 0.370 e. The molecule has 2 aliphatic heterocycles. The summed E-state index contributed by atoms with van der Waals surface area (Å²) in [6.45, 7) is 10.2. The molecule has 132 valence electrons. The van der Waals surface area contributed by atoms with Gasteiger partial charge in [0.2, 0.25) is 0 Å². The maximum atomic E-state index is 4.55. The van der Waals surface area contributed by atoms with Crippen LogP contribution in [0.3, 0.4) is 0 Å². The van der Waals surface area contributed by atoms with Crippen LogP contribution >= 0.6 is 0 Å². The third-order valence-electron chi connectivity index (χ3n) is 5.70. The van der Waals surface area contributed by atoms with Crippen LogP contribution in [0, 0.1) is 6.92 Å². The average molecular weight is 336 g/mol. The molecular formula is C21H28N4. The predicted molar refractivity (Wildman–Crippen MR) is 103 cm³/mol. The Morgan fingerprint density at radius 2 is 1.76 bits per heavy atom. The molecule has 1 unspecified atom stereocenters. The van der Waals surface area contributed by atoms with Crippen molar-refractivity contribution in [3.63, 3.8) is 0 Å². The Balaban J connectivity index is 1.29. The minimum Gasteiger partial charge on any atom is -0.370 e. The van der Waals surface area contributed by atoms with Gasteiger partial charge in [-0.2, -0.15) is 0 Å². The van der Waals surface area contributed by atoms with Crippen molar-refractivity contribution in [3.8, 4) is 0 Å². The highest BCUT2D eigenvalue weighted by Crippen LogP contribution is 2.23. The Kier molecular flexibility index (Phi) is 4.99. The van der Waals surface area contributed by atoms with Crippen LogP contribution in [0.5, 0.6) is 0 Å². The molecule has 4 nitrogen and oxygen atoms in total. The van der Waals surface area contributed by atoms with E-state index in [1.807, 2.05) is 12.3 Å². The highest BCUT2D eigenvalue weighted by molar-refractivity contribution is 5.47. The van der Waals surface area contributed by atoms with E-state index in [4.69, 9.17) is 0 Å². The number of anilines is 1. The van der Waals surface area contributed by atoms with Gasteiger partial charge in [-0.1, -0.05) is 24.3 Å². The topological polar surface area (TPSA) is 22.6 Å². The number of hydrogen-bond acceptors (Lipinski definition) is 4. The van der Waals surface area contributed by atoms with Gasteiger partial charge in [0, 0.05) is 63.7 Å². The quantitative estimate of drug-likeness (QED) is 0.856. The van der Waals surface area contributed by atoms with Crippen molar-refractivity contribution in [1.82, 2.24) is 14.8 Å². The first kappa shape index (κ1) is 16.6. The lowest BCUT2D eigenvalue weighted by molar-refractivity contribution is 0.0978. The lowest BCUT2D eigenvalue weighted by atomic mass is 10.1. The summed E-state index contributed by atoms with van der Waals surface area (Å²) in [5.74, 6) is 0. The molecule has 25 heavy (non-hydrogen) atoms. The summed E-state index contributed by atoms with van der Waals surface area (Å²) in [5, 5.41) is 0. The van der Waals surface area contributed by atoms with E-state index in [-0.39, 0.29) is 0 Å². The number of rotatable bonds is 4.